The number of carbonyl (C=O) groups is 1. The van der Waals surface area contributed by atoms with Crippen molar-refractivity contribution in [2.24, 2.45) is 0 Å². The number of rotatable bonds is 5. The van der Waals surface area contributed by atoms with Crippen molar-refractivity contribution in [3.8, 4) is 0 Å². The fourth-order valence-electron chi connectivity index (χ4n) is 2.37. The molecule has 0 saturated carbocycles. The second-order valence-corrected chi connectivity index (χ2v) is 7.59. The van der Waals surface area contributed by atoms with Crippen LogP contribution in [0.15, 0.2) is 18.5 Å². The van der Waals surface area contributed by atoms with Crippen molar-refractivity contribution < 1.29 is 13.2 Å². The van der Waals surface area contributed by atoms with Gasteiger partial charge in [0.1, 0.15) is 0 Å². The first-order chi connectivity index (χ1) is 9.93. The minimum absolute atomic E-state index is 0.0520. The molecule has 1 N–H and O–H groups in total. The lowest BCUT2D eigenvalue weighted by atomic mass is 10.2. The molecule has 1 unspecified atom stereocenters. The molecular weight excluding hydrogens is 290 g/mol. The van der Waals surface area contributed by atoms with E-state index in [9.17, 15) is 13.2 Å². The Bertz CT molecular complexity index is 616. The molecule has 6 nitrogen and oxygen atoms in total. The number of hydrogen-bond donors (Lipinski definition) is 1. The smallest absolute Gasteiger partial charge is 0.255 e. The fraction of sp³-hybridized carbons (Fsp3) is 0.571. The number of amides is 1. The van der Waals surface area contributed by atoms with E-state index in [2.05, 4.69) is 17.2 Å². The van der Waals surface area contributed by atoms with E-state index in [1.807, 2.05) is 0 Å². The maximum Gasteiger partial charge on any atom is 0.255 e. The summed E-state index contributed by atoms with van der Waals surface area (Å²) in [4.78, 5) is 18.0. The molecule has 1 aromatic heterocycles. The third kappa shape index (κ3) is 3.93. The molecule has 21 heavy (non-hydrogen) atoms. The molecule has 0 spiro atoms. The highest BCUT2D eigenvalue weighted by atomic mass is 32.2. The fourth-order valence-corrected chi connectivity index (χ4v) is 4.15. The normalized spacial score (nSPS) is 20.2. The second-order valence-electron chi connectivity index (χ2n) is 5.36. The summed E-state index contributed by atoms with van der Waals surface area (Å²) in [5.74, 6) is 0.0203. The summed E-state index contributed by atoms with van der Waals surface area (Å²) in [6.45, 7) is 2.87. The number of pyridine rings is 1. The van der Waals surface area contributed by atoms with Crippen LogP contribution in [0, 0.1) is 0 Å². The number of anilines is 1. The topological polar surface area (TPSA) is 79.4 Å². The van der Waals surface area contributed by atoms with Gasteiger partial charge in [-0.15, -0.1) is 0 Å². The van der Waals surface area contributed by atoms with E-state index in [-0.39, 0.29) is 23.5 Å². The van der Waals surface area contributed by atoms with E-state index < -0.39 is 9.84 Å². The van der Waals surface area contributed by atoms with Crippen LogP contribution in [0.1, 0.15) is 30.1 Å². The second kappa shape index (κ2) is 6.43. The first-order valence-electron chi connectivity index (χ1n) is 7.09. The van der Waals surface area contributed by atoms with E-state index >= 15 is 0 Å². The number of hydrogen-bond acceptors (Lipinski definition) is 5. The quantitative estimate of drug-likeness (QED) is 0.883. The molecule has 1 saturated heterocycles. The summed E-state index contributed by atoms with van der Waals surface area (Å²) in [7, 11) is -1.35. The maximum absolute atomic E-state index is 12.4. The van der Waals surface area contributed by atoms with Crippen molar-refractivity contribution in [1.82, 2.24) is 9.88 Å². The van der Waals surface area contributed by atoms with E-state index in [0.717, 1.165) is 18.7 Å². The van der Waals surface area contributed by atoms with Crippen LogP contribution < -0.4 is 5.32 Å². The van der Waals surface area contributed by atoms with Crippen LogP contribution in [-0.2, 0) is 9.84 Å². The molecule has 1 aromatic rings. The summed E-state index contributed by atoms with van der Waals surface area (Å²) in [5.41, 5.74) is 1.28. The van der Waals surface area contributed by atoms with Gasteiger partial charge < -0.3 is 10.2 Å². The van der Waals surface area contributed by atoms with Gasteiger partial charge in [0.2, 0.25) is 0 Å². The predicted molar refractivity (Wildman–Crippen MR) is 82.2 cm³/mol. The monoisotopic (exact) mass is 311 g/mol. The lowest BCUT2D eigenvalue weighted by Crippen LogP contribution is -2.37. The molecule has 1 aliphatic rings. The molecule has 2 heterocycles. The third-order valence-corrected chi connectivity index (χ3v) is 5.39. The van der Waals surface area contributed by atoms with Gasteiger partial charge in [0.15, 0.2) is 9.84 Å². The Labute approximate surface area is 125 Å². The number of sulfone groups is 1. The van der Waals surface area contributed by atoms with Gasteiger partial charge >= 0.3 is 0 Å². The molecule has 7 heteroatoms. The first kappa shape index (κ1) is 15.8. The number of carbonyl (C=O) groups excluding carboxylic acids is 1. The first-order valence-corrected chi connectivity index (χ1v) is 8.91. The van der Waals surface area contributed by atoms with Crippen molar-refractivity contribution in [3.63, 3.8) is 0 Å². The van der Waals surface area contributed by atoms with E-state index in [1.54, 1.807) is 19.3 Å². The van der Waals surface area contributed by atoms with Crippen LogP contribution in [0.4, 0.5) is 5.69 Å². The SMILES string of the molecule is CCCNc1cncc(C(=O)N(C)C2CCS(=O)(=O)C2)c1. The zero-order chi connectivity index (χ0) is 15.5. The summed E-state index contributed by atoms with van der Waals surface area (Å²) >= 11 is 0. The Morgan fingerprint density at radius 1 is 1.48 bits per heavy atom. The predicted octanol–water partition coefficient (Wildman–Crippen LogP) is 1.16. The van der Waals surface area contributed by atoms with Gasteiger partial charge in [0.25, 0.3) is 5.91 Å². The number of aromatic nitrogens is 1. The molecule has 116 valence electrons. The van der Waals surface area contributed by atoms with Crippen molar-refractivity contribution in [3.05, 3.63) is 24.0 Å². The van der Waals surface area contributed by atoms with E-state index in [4.69, 9.17) is 0 Å². The molecule has 1 amide bonds. The summed E-state index contributed by atoms with van der Waals surface area (Å²) in [6.07, 6.45) is 4.68. The van der Waals surface area contributed by atoms with E-state index in [1.165, 1.54) is 11.1 Å². The summed E-state index contributed by atoms with van der Waals surface area (Å²) in [6, 6.07) is 1.51. The maximum atomic E-state index is 12.4. The highest BCUT2D eigenvalue weighted by Crippen LogP contribution is 2.19. The van der Waals surface area contributed by atoms with Gasteiger partial charge in [0, 0.05) is 32.0 Å². The van der Waals surface area contributed by atoms with Gasteiger partial charge in [-0.3, -0.25) is 9.78 Å². The van der Waals surface area contributed by atoms with Crippen molar-refractivity contribution in [2.45, 2.75) is 25.8 Å². The van der Waals surface area contributed by atoms with Crippen molar-refractivity contribution >= 4 is 21.4 Å². The molecule has 0 aromatic carbocycles. The minimum Gasteiger partial charge on any atom is -0.384 e. The zero-order valence-electron chi connectivity index (χ0n) is 12.4. The van der Waals surface area contributed by atoms with Crippen molar-refractivity contribution in [1.29, 1.82) is 0 Å². The molecule has 0 radical (unpaired) electrons. The Morgan fingerprint density at radius 2 is 2.24 bits per heavy atom. The molecule has 1 fully saturated rings. The molecule has 0 bridgehead atoms. The Balaban J connectivity index is 2.09. The largest absolute Gasteiger partial charge is 0.384 e. The van der Waals surface area contributed by atoms with Crippen molar-refractivity contribution in [2.75, 3.05) is 30.4 Å². The standard InChI is InChI=1S/C14H21N3O3S/c1-3-5-16-12-7-11(8-15-9-12)14(18)17(2)13-4-6-21(19,20)10-13/h7-9,13,16H,3-6,10H2,1-2H3. The van der Waals surface area contributed by atoms with Crippen LogP contribution in [-0.4, -0.2) is 55.3 Å². The third-order valence-electron chi connectivity index (χ3n) is 3.64. The van der Waals surface area contributed by atoms with Gasteiger partial charge in [0.05, 0.1) is 22.8 Å². The van der Waals surface area contributed by atoms with Gasteiger partial charge in [-0.05, 0) is 18.9 Å². The lowest BCUT2D eigenvalue weighted by molar-refractivity contribution is 0.0747. The Morgan fingerprint density at radius 3 is 2.86 bits per heavy atom. The lowest BCUT2D eigenvalue weighted by Gasteiger charge is -2.23. The molecular formula is C14H21N3O3S. The average Bonchev–Trinajstić information content (AvgIpc) is 2.84. The zero-order valence-corrected chi connectivity index (χ0v) is 13.2. The highest BCUT2D eigenvalue weighted by molar-refractivity contribution is 7.91. The molecule has 1 aliphatic heterocycles. The van der Waals surface area contributed by atoms with Crippen LogP contribution in [0.5, 0.6) is 0 Å². The van der Waals surface area contributed by atoms with Crippen LogP contribution in [0.2, 0.25) is 0 Å². The van der Waals surface area contributed by atoms with Crippen LogP contribution in [0.25, 0.3) is 0 Å². The number of nitrogens with one attached hydrogen (secondary N) is 1. The minimum atomic E-state index is -3.00. The summed E-state index contributed by atoms with van der Waals surface area (Å²) in [5, 5.41) is 3.18. The molecule has 2 rings (SSSR count). The van der Waals surface area contributed by atoms with Crippen LogP contribution in [0.3, 0.4) is 0 Å². The van der Waals surface area contributed by atoms with E-state index in [0.29, 0.717) is 12.0 Å². The van der Waals surface area contributed by atoms with Gasteiger partial charge in [-0.25, -0.2) is 8.42 Å². The number of nitrogens with zero attached hydrogens (tertiary/aromatic N) is 2. The Kier molecular flexibility index (Phi) is 4.82. The van der Waals surface area contributed by atoms with Crippen LogP contribution >= 0.6 is 0 Å². The molecule has 0 aliphatic carbocycles. The molecule has 1 atom stereocenters. The van der Waals surface area contributed by atoms with Gasteiger partial charge in [-0.1, -0.05) is 6.92 Å². The average molecular weight is 311 g/mol. The summed E-state index contributed by atoms with van der Waals surface area (Å²) < 4.78 is 23.0. The highest BCUT2D eigenvalue weighted by Gasteiger charge is 2.33. The van der Waals surface area contributed by atoms with Gasteiger partial charge in [-0.2, -0.15) is 0 Å². The Hall–Kier alpha value is -1.63.